The van der Waals surface area contributed by atoms with Crippen molar-refractivity contribution in [2.24, 2.45) is 0 Å². The molecule has 0 atom stereocenters. The third kappa shape index (κ3) is 2.82. The van der Waals surface area contributed by atoms with Gasteiger partial charge in [0.2, 0.25) is 5.91 Å². The summed E-state index contributed by atoms with van der Waals surface area (Å²) >= 11 is 0. The molecule has 0 bridgehead atoms. The van der Waals surface area contributed by atoms with Crippen molar-refractivity contribution >= 4 is 33.5 Å². The van der Waals surface area contributed by atoms with Gasteiger partial charge < -0.3 is 10.2 Å². The van der Waals surface area contributed by atoms with E-state index in [2.05, 4.69) is 51.1 Å². The molecule has 1 aliphatic rings. The number of amides is 1. The summed E-state index contributed by atoms with van der Waals surface area (Å²) in [5.41, 5.74) is 5.22. The number of hydrogen-bond donors (Lipinski definition) is 2. The highest BCUT2D eigenvalue weighted by Crippen LogP contribution is 2.36. The number of hydrogen-bond acceptors (Lipinski definition) is 5. The van der Waals surface area contributed by atoms with Gasteiger partial charge in [-0.3, -0.25) is 9.89 Å². The molecule has 29 heavy (non-hydrogen) atoms. The summed E-state index contributed by atoms with van der Waals surface area (Å²) in [6.45, 7) is 6.92. The maximum Gasteiger partial charge on any atom is 0.246 e. The van der Waals surface area contributed by atoms with E-state index in [0.29, 0.717) is 13.1 Å². The van der Waals surface area contributed by atoms with Gasteiger partial charge in [0.25, 0.3) is 0 Å². The van der Waals surface area contributed by atoms with Crippen LogP contribution in [0.4, 0.5) is 5.82 Å². The molecule has 0 spiro atoms. The number of H-pyrrole nitrogens is 1. The summed E-state index contributed by atoms with van der Waals surface area (Å²) in [5.74, 6) is 0.742. The second-order valence-electron chi connectivity index (χ2n) is 7.30. The van der Waals surface area contributed by atoms with E-state index in [1.807, 2.05) is 24.4 Å². The molecule has 7 heteroatoms. The molecule has 1 amide bonds. The zero-order valence-electron chi connectivity index (χ0n) is 16.0. The number of aryl methyl sites for hydroxylation is 1. The molecule has 1 fully saturated rings. The van der Waals surface area contributed by atoms with Crippen LogP contribution in [0, 0.1) is 6.92 Å². The number of carbonyl (C=O) groups is 1. The van der Waals surface area contributed by atoms with Crippen molar-refractivity contribution in [2.75, 3.05) is 18.4 Å². The van der Waals surface area contributed by atoms with Crippen LogP contribution in [0.15, 0.2) is 55.5 Å². The van der Waals surface area contributed by atoms with Crippen LogP contribution in [0.1, 0.15) is 5.56 Å². The van der Waals surface area contributed by atoms with Crippen molar-refractivity contribution < 1.29 is 4.79 Å². The number of aromatic amines is 1. The Labute approximate surface area is 167 Å². The lowest BCUT2D eigenvalue weighted by molar-refractivity contribution is -0.129. The van der Waals surface area contributed by atoms with E-state index in [1.54, 1.807) is 11.2 Å². The number of fused-ring (bicyclic) bond motifs is 2. The number of aromatic nitrogens is 4. The van der Waals surface area contributed by atoms with E-state index < -0.39 is 0 Å². The highest BCUT2D eigenvalue weighted by atomic mass is 16.2. The molecule has 7 nitrogen and oxygen atoms in total. The standard InChI is InChI=1S/C22H20N6O/c1-3-19(29)28-10-14(11-28)26-22-16-6-4-5-15(21(16)23-12-24-22)20-13(2)7-8-18-17(20)9-25-27-18/h3-9,12,14H,1,10-11H2,2H3,(H,25,27)(H,23,24,26). The Hall–Kier alpha value is -3.74. The lowest BCUT2D eigenvalue weighted by atomic mass is 9.95. The Balaban J connectivity index is 1.55. The third-order valence-corrected chi connectivity index (χ3v) is 5.48. The Morgan fingerprint density at radius 3 is 2.93 bits per heavy atom. The molecule has 0 unspecified atom stereocenters. The number of likely N-dealkylation sites (tertiary alicyclic amines) is 1. The smallest absolute Gasteiger partial charge is 0.246 e. The van der Waals surface area contributed by atoms with Gasteiger partial charge in [-0.2, -0.15) is 5.10 Å². The number of rotatable bonds is 4. The van der Waals surface area contributed by atoms with Crippen molar-refractivity contribution in [1.82, 2.24) is 25.1 Å². The summed E-state index contributed by atoms with van der Waals surface area (Å²) in [6.07, 6.45) is 4.79. The first kappa shape index (κ1) is 17.4. The first-order valence-corrected chi connectivity index (χ1v) is 9.50. The van der Waals surface area contributed by atoms with E-state index in [-0.39, 0.29) is 11.9 Å². The fourth-order valence-corrected chi connectivity index (χ4v) is 3.96. The zero-order chi connectivity index (χ0) is 20.0. The normalized spacial score (nSPS) is 14.2. The minimum absolute atomic E-state index is 0.0402. The highest BCUT2D eigenvalue weighted by Gasteiger charge is 2.29. The van der Waals surface area contributed by atoms with Crippen LogP contribution in [0.5, 0.6) is 0 Å². The minimum atomic E-state index is -0.0402. The van der Waals surface area contributed by atoms with Crippen molar-refractivity contribution in [1.29, 1.82) is 0 Å². The average Bonchev–Trinajstić information content (AvgIpc) is 3.18. The molecule has 1 aliphatic heterocycles. The fourth-order valence-electron chi connectivity index (χ4n) is 3.96. The third-order valence-electron chi connectivity index (χ3n) is 5.48. The number of nitrogens with one attached hydrogen (secondary N) is 2. The molecule has 144 valence electrons. The molecule has 0 radical (unpaired) electrons. The van der Waals surface area contributed by atoms with Crippen LogP contribution in [0.25, 0.3) is 32.9 Å². The van der Waals surface area contributed by atoms with Gasteiger partial charge in [-0.05, 0) is 36.3 Å². The van der Waals surface area contributed by atoms with Crippen molar-refractivity contribution in [2.45, 2.75) is 13.0 Å². The Morgan fingerprint density at radius 1 is 1.24 bits per heavy atom. The predicted molar refractivity (Wildman–Crippen MR) is 114 cm³/mol. The number of carbonyl (C=O) groups excluding carboxylic acids is 1. The summed E-state index contributed by atoms with van der Waals surface area (Å²) in [4.78, 5) is 22.5. The summed E-state index contributed by atoms with van der Waals surface area (Å²) < 4.78 is 0. The van der Waals surface area contributed by atoms with Gasteiger partial charge >= 0.3 is 0 Å². The topological polar surface area (TPSA) is 86.8 Å². The summed E-state index contributed by atoms with van der Waals surface area (Å²) in [7, 11) is 0. The largest absolute Gasteiger partial charge is 0.363 e. The maximum atomic E-state index is 11.7. The first-order valence-electron chi connectivity index (χ1n) is 9.50. The van der Waals surface area contributed by atoms with E-state index in [0.717, 1.165) is 44.3 Å². The van der Waals surface area contributed by atoms with Gasteiger partial charge in [0.05, 0.1) is 23.3 Å². The number of para-hydroxylation sites is 1. The lowest BCUT2D eigenvalue weighted by Crippen LogP contribution is -2.56. The SMILES string of the molecule is C=CC(=O)N1CC(Nc2ncnc3c(-c4c(C)ccc5[nH]ncc45)cccc23)C1. The summed E-state index contributed by atoms with van der Waals surface area (Å²) in [6, 6.07) is 10.4. The Morgan fingerprint density at radius 2 is 2.10 bits per heavy atom. The predicted octanol–water partition coefficient (Wildman–Crippen LogP) is 3.29. The van der Waals surface area contributed by atoms with Gasteiger partial charge in [-0.25, -0.2) is 9.97 Å². The van der Waals surface area contributed by atoms with E-state index in [4.69, 9.17) is 0 Å². The van der Waals surface area contributed by atoms with Crippen molar-refractivity contribution in [3.63, 3.8) is 0 Å². The average molecular weight is 384 g/mol. The molecule has 3 heterocycles. The quantitative estimate of drug-likeness (QED) is 0.527. The number of benzene rings is 2. The van der Waals surface area contributed by atoms with Crippen LogP contribution >= 0.6 is 0 Å². The second-order valence-corrected chi connectivity index (χ2v) is 7.30. The van der Waals surface area contributed by atoms with Crippen LogP contribution in [0.2, 0.25) is 0 Å². The van der Waals surface area contributed by atoms with Crippen LogP contribution in [0.3, 0.4) is 0 Å². The molecular formula is C22H20N6O. The van der Waals surface area contributed by atoms with Crippen molar-refractivity contribution in [3.05, 3.63) is 61.1 Å². The Kier molecular flexibility index (Phi) is 4.01. The Bertz CT molecular complexity index is 1250. The number of anilines is 1. The van der Waals surface area contributed by atoms with Gasteiger partial charge in [0.15, 0.2) is 0 Å². The van der Waals surface area contributed by atoms with Crippen LogP contribution in [-0.2, 0) is 4.79 Å². The maximum absolute atomic E-state index is 11.7. The molecule has 4 aromatic rings. The van der Waals surface area contributed by atoms with Gasteiger partial charge in [0.1, 0.15) is 12.1 Å². The molecule has 0 saturated carbocycles. The fraction of sp³-hybridized carbons (Fsp3) is 0.182. The second kappa shape index (κ2) is 6.70. The monoisotopic (exact) mass is 384 g/mol. The van der Waals surface area contributed by atoms with E-state index in [9.17, 15) is 4.79 Å². The van der Waals surface area contributed by atoms with Gasteiger partial charge in [-0.1, -0.05) is 24.8 Å². The van der Waals surface area contributed by atoms with Crippen LogP contribution in [-0.4, -0.2) is 50.1 Å². The van der Waals surface area contributed by atoms with Gasteiger partial charge in [-0.15, -0.1) is 0 Å². The van der Waals surface area contributed by atoms with E-state index >= 15 is 0 Å². The molecule has 2 aromatic heterocycles. The van der Waals surface area contributed by atoms with Crippen molar-refractivity contribution in [3.8, 4) is 11.1 Å². The van der Waals surface area contributed by atoms with Crippen LogP contribution < -0.4 is 5.32 Å². The minimum Gasteiger partial charge on any atom is -0.363 e. The summed E-state index contributed by atoms with van der Waals surface area (Å²) in [5, 5.41) is 12.7. The lowest BCUT2D eigenvalue weighted by Gasteiger charge is -2.39. The zero-order valence-corrected chi connectivity index (χ0v) is 16.0. The number of nitrogens with zero attached hydrogens (tertiary/aromatic N) is 4. The molecular weight excluding hydrogens is 364 g/mol. The highest BCUT2D eigenvalue weighted by molar-refractivity contribution is 6.06. The molecule has 5 rings (SSSR count). The first-order chi connectivity index (χ1) is 14.2. The molecule has 1 saturated heterocycles. The molecule has 0 aliphatic carbocycles. The molecule has 2 N–H and O–H groups in total. The molecule has 2 aromatic carbocycles. The van der Waals surface area contributed by atoms with Gasteiger partial charge in [0, 0.05) is 29.4 Å². The van der Waals surface area contributed by atoms with E-state index in [1.165, 1.54) is 6.08 Å².